The van der Waals surface area contributed by atoms with Crippen molar-refractivity contribution in [2.75, 3.05) is 31.5 Å². The molecule has 1 N–H and O–H groups in total. The SMILES string of the molecule is Cc1cc(CN2CCN(C(=O)C3CCC3)CC2)c(C)c(Nc2nnc(C)o2)c1. The predicted molar refractivity (Wildman–Crippen MR) is 107 cm³/mol. The van der Waals surface area contributed by atoms with Crippen molar-refractivity contribution in [2.24, 2.45) is 5.92 Å². The molecule has 4 rings (SSSR count). The minimum absolute atomic E-state index is 0.299. The van der Waals surface area contributed by atoms with Crippen LogP contribution in [0.25, 0.3) is 0 Å². The number of aromatic nitrogens is 2. The fourth-order valence-corrected chi connectivity index (χ4v) is 3.97. The Labute approximate surface area is 166 Å². The highest BCUT2D eigenvalue weighted by molar-refractivity contribution is 5.79. The molecule has 1 saturated carbocycles. The maximum Gasteiger partial charge on any atom is 0.320 e. The molecule has 1 amide bonds. The third kappa shape index (κ3) is 4.04. The van der Waals surface area contributed by atoms with Gasteiger partial charge in [0.2, 0.25) is 11.8 Å². The first-order valence-corrected chi connectivity index (χ1v) is 10.2. The fraction of sp³-hybridized carbons (Fsp3) is 0.571. The minimum Gasteiger partial charge on any atom is -0.408 e. The van der Waals surface area contributed by atoms with Crippen molar-refractivity contribution < 1.29 is 9.21 Å². The molecule has 1 saturated heterocycles. The first-order valence-electron chi connectivity index (χ1n) is 10.2. The Hall–Kier alpha value is -2.41. The lowest BCUT2D eigenvalue weighted by Gasteiger charge is -2.38. The summed E-state index contributed by atoms with van der Waals surface area (Å²) in [5, 5.41) is 11.2. The normalized spacial score (nSPS) is 18.2. The average molecular weight is 383 g/mol. The van der Waals surface area contributed by atoms with Gasteiger partial charge >= 0.3 is 6.01 Å². The van der Waals surface area contributed by atoms with Crippen LogP contribution in [0, 0.1) is 26.7 Å². The summed E-state index contributed by atoms with van der Waals surface area (Å²) in [6.45, 7) is 10.4. The van der Waals surface area contributed by atoms with Crippen LogP contribution in [-0.2, 0) is 11.3 Å². The number of anilines is 2. The van der Waals surface area contributed by atoms with Crippen LogP contribution in [0.2, 0.25) is 0 Å². The molecule has 0 radical (unpaired) electrons. The second kappa shape index (κ2) is 7.91. The van der Waals surface area contributed by atoms with Gasteiger partial charge in [-0.05, 0) is 49.4 Å². The van der Waals surface area contributed by atoms with Gasteiger partial charge in [-0.3, -0.25) is 9.69 Å². The van der Waals surface area contributed by atoms with E-state index in [9.17, 15) is 4.79 Å². The average Bonchev–Trinajstić information content (AvgIpc) is 3.03. The van der Waals surface area contributed by atoms with E-state index in [-0.39, 0.29) is 0 Å². The molecule has 1 aromatic heterocycles. The molecule has 28 heavy (non-hydrogen) atoms. The molecular weight excluding hydrogens is 354 g/mol. The van der Waals surface area contributed by atoms with Gasteiger partial charge in [-0.15, -0.1) is 5.10 Å². The fourth-order valence-electron chi connectivity index (χ4n) is 3.97. The molecule has 2 heterocycles. The first kappa shape index (κ1) is 18.9. The summed E-state index contributed by atoms with van der Waals surface area (Å²) in [6, 6.07) is 4.76. The maximum atomic E-state index is 12.4. The standard InChI is InChI=1S/C21H29N5O2/c1-14-11-18(15(2)19(12-14)22-21-24-23-16(3)28-21)13-25-7-9-26(10-8-25)20(27)17-5-4-6-17/h11-12,17H,4-10,13H2,1-3H3,(H,22,24). The second-order valence-electron chi connectivity index (χ2n) is 8.08. The Balaban J connectivity index is 1.40. The van der Waals surface area contributed by atoms with Crippen molar-refractivity contribution >= 4 is 17.6 Å². The monoisotopic (exact) mass is 383 g/mol. The zero-order chi connectivity index (χ0) is 19.7. The van der Waals surface area contributed by atoms with E-state index in [1.807, 2.05) is 0 Å². The van der Waals surface area contributed by atoms with E-state index in [2.05, 4.69) is 51.3 Å². The topological polar surface area (TPSA) is 74.5 Å². The smallest absolute Gasteiger partial charge is 0.320 e. The van der Waals surface area contributed by atoms with E-state index in [4.69, 9.17) is 4.42 Å². The van der Waals surface area contributed by atoms with Gasteiger partial charge < -0.3 is 14.6 Å². The van der Waals surface area contributed by atoms with E-state index in [1.165, 1.54) is 23.1 Å². The summed E-state index contributed by atoms with van der Waals surface area (Å²) in [4.78, 5) is 16.9. The van der Waals surface area contributed by atoms with Crippen LogP contribution in [0.5, 0.6) is 0 Å². The van der Waals surface area contributed by atoms with Gasteiger partial charge in [-0.2, -0.15) is 0 Å². The number of rotatable bonds is 5. The molecule has 2 aromatic rings. The van der Waals surface area contributed by atoms with E-state index in [1.54, 1.807) is 6.92 Å². The van der Waals surface area contributed by atoms with Crippen LogP contribution >= 0.6 is 0 Å². The van der Waals surface area contributed by atoms with Gasteiger partial charge in [-0.1, -0.05) is 17.6 Å². The Morgan fingerprint density at radius 1 is 1.14 bits per heavy atom. The van der Waals surface area contributed by atoms with E-state index in [0.717, 1.165) is 51.3 Å². The molecule has 0 atom stereocenters. The van der Waals surface area contributed by atoms with Crippen molar-refractivity contribution in [3.05, 3.63) is 34.7 Å². The summed E-state index contributed by atoms with van der Waals surface area (Å²) >= 11 is 0. The summed E-state index contributed by atoms with van der Waals surface area (Å²) in [5.74, 6) is 1.22. The predicted octanol–water partition coefficient (Wildman–Crippen LogP) is 3.18. The van der Waals surface area contributed by atoms with Crippen molar-refractivity contribution in [1.82, 2.24) is 20.0 Å². The molecule has 0 spiro atoms. The van der Waals surface area contributed by atoms with Crippen LogP contribution in [0.1, 0.15) is 41.8 Å². The molecule has 0 unspecified atom stereocenters. The quantitative estimate of drug-likeness (QED) is 0.855. The van der Waals surface area contributed by atoms with Crippen LogP contribution < -0.4 is 5.32 Å². The number of nitrogens with zero attached hydrogens (tertiary/aromatic N) is 4. The molecule has 150 valence electrons. The van der Waals surface area contributed by atoms with Crippen molar-refractivity contribution in [2.45, 2.75) is 46.6 Å². The molecule has 1 aliphatic carbocycles. The molecule has 7 nitrogen and oxygen atoms in total. The Bertz CT molecular complexity index is 850. The maximum absolute atomic E-state index is 12.4. The minimum atomic E-state index is 0.299. The van der Waals surface area contributed by atoms with Gasteiger partial charge in [0, 0.05) is 51.3 Å². The third-order valence-electron chi connectivity index (χ3n) is 5.96. The number of carbonyl (C=O) groups is 1. The van der Waals surface area contributed by atoms with Crippen LogP contribution in [0.3, 0.4) is 0 Å². The summed E-state index contributed by atoms with van der Waals surface area (Å²) in [6.07, 6.45) is 3.37. The zero-order valence-electron chi connectivity index (χ0n) is 17.0. The third-order valence-corrected chi connectivity index (χ3v) is 5.96. The van der Waals surface area contributed by atoms with E-state index >= 15 is 0 Å². The molecule has 2 fully saturated rings. The summed E-state index contributed by atoms with van der Waals surface area (Å²) < 4.78 is 5.46. The van der Waals surface area contributed by atoms with Gasteiger partial charge in [0.1, 0.15) is 0 Å². The highest BCUT2D eigenvalue weighted by Crippen LogP contribution is 2.29. The van der Waals surface area contributed by atoms with Crippen molar-refractivity contribution in [3.63, 3.8) is 0 Å². The molecular formula is C21H29N5O2. The number of carbonyl (C=O) groups excluding carboxylic acids is 1. The number of hydrogen-bond acceptors (Lipinski definition) is 6. The van der Waals surface area contributed by atoms with Gasteiger partial charge in [0.15, 0.2) is 0 Å². The number of piperazine rings is 1. The highest BCUT2D eigenvalue weighted by atomic mass is 16.4. The first-order chi connectivity index (χ1) is 13.5. The molecule has 7 heteroatoms. The van der Waals surface area contributed by atoms with Crippen LogP contribution in [0.15, 0.2) is 16.5 Å². The number of aryl methyl sites for hydroxylation is 2. The Morgan fingerprint density at radius 2 is 1.89 bits per heavy atom. The molecule has 1 aliphatic heterocycles. The number of benzene rings is 1. The van der Waals surface area contributed by atoms with E-state index in [0.29, 0.717) is 23.7 Å². The van der Waals surface area contributed by atoms with Crippen LogP contribution in [-0.4, -0.2) is 52.1 Å². The lowest BCUT2D eigenvalue weighted by molar-refractivity contribution is -0.140. The lowest BCUT2D eigenvalue weighted by Crippen LogP contribution is -2.50. The number of nitrogens with one attached hydrogen (secondary N) is 1. The molecule has 0 bridgehead atoms. The number of amides is 1. The molecule has 2 aliphatic rings. The lowest BCUT2D eigenvalue weighted by atomic mass is 9.84. The van der Waals surface area contributed by atoms with Gasteiger partial charge in [0.25, 0.3) is 0 Å². The molecule has 1 aromatic carbocycles. The van der Waals surface area contributed by atoms with Crippen molar-refractivity contribution in [3.8, 4) is 0 Å². The van der Waals surface area contributed by atoms with Crippen molar-refractivity contribution in [1.29, 1.82) is 0 Å². The van der Waals surface area contributed by atoms with E-state index < -0.39 is 0 Å². The zero-order valence-corrected chi connectivity index (χ0v) is 17.0. The largest absolute Gasteiger partial charge is 0.408 e. The Kier molecular flexibility index (Phi) is 5.35. The highest BCUT2D eigenvalue weighted by Gasteiger charge is 2.31. The van der Waals surface area contributed by atoms with Crippen LogP contribution in [0.4, 0.5) is 11.7 Å². The Morgan fingerprint density at radius 3 is 2.50 bits per heavy atom. The van der Waals surface area contributed by atoms with Gasteiger partial charge in [-0.25, -0.2) is 0 Å². The summed E-state index contributed by atoms with van der Waals surface area (Å²) in [7, 11) is 0. The number of hydrogen-bond donors (Lipinski definition) is 1. The second-order valence-corrected chi connectivity index (χ2v) is 8.08. The van der Waals surface area contributed by atoms with Gasteiger partial charge in [0.05, 0.1) is 0 Å². The summed E-state index contributed by atoms with van der Waals surface area (Å²) in [5.41, 5.74) is 4.67.